The molecule has 1 aromatic carbocycles. The third-order valence-corrected chi connectivity index (χ3v) is 3.20. The Morgan fingerprint density at radius 1 is 1.24 bits per heavy atom. The lowest BCUT2D eigenvalue weighted by atomic mass is 10.1. The Morgan fingerprint density at radius 3 is 2.86 bits per heavy atom. The van der Waals surface area contributed by atoms with Crippen LogP contribution in [0.15, 0.2) is 47.1 Å². The zero-order valence-electron chi connectivity index (χ0n) is 12.4. The molecule has 2 aromatic rings. The second-order valence-corrected chi connectivity index (χ2v) is 5.04. The lowest BCUT2D eigenvalue weighted by molar-refractivity contribution is 0.0282. The number of hydrogen-bond donors (Lipinski definition) is 2. The summed E-state index contributed by atoms with van der Waals surface area (Å²) < 4.78 is 10.6. The van der Waals surface area contributed by atoms with Gasteiger partial charge in [0.2, 0.25) is 0 Å². The van der Waals surface area contributed by atoms with Gasteiger partial charge in [-0.05, 0) is 30.2 Å². The topological polar surface area (TPSA) is 54.6 Å². The molecular formula is C17H23NO3. The highest BCUT2D eigenvalue weighted by Gasteiger charge is 2.07. The molecule has 21 heavy (non-hydrogen) atoms. The van der Waals surface area contributed by atoms with Gasteiger partial charge in [-0.3, -0.25) is 0 Å². The van der Waals surface area contributed by atoms with Crippen molar-refractivity contribution in [1.29, 1.82) is 0 Å². The number of rotatable bonds is 9. The molecule has 0 saturated carbocycles. The van der Waals surface area contributed by atoms with E-state index in [9.17, 15) is 5.11 Å². The third-order valence-electron chi connectivity index (χ3n) is 3.20. The first-order valence-electron chi connectivity index (χ1n) is 7.39. The van der Waals surface area contributed by atoms with Gasteiger partial charge in [-0.25, -0.2) is 0 Å². The number of aliphatic hydroxyl groups excluding tert-OH is 1. The van der Waals surface area contributed by atoms with Crippen LogP contribution in [0.5, 0.6) is 0 Å². The average Bonchev–Trinajstić information content (AvgIpc) is 3.00. The number of ether oxygens (including phenoxy) is 1. The highest BCUT2D eigenvalue weighted by Crippen LogP contribution is 2.16. The normalized spacial score (nSPS) is 12.3. The number of nitrogens with one attached hydrogen (secondary N) is 1. The average molecular weight is 289 g/mol. The minimum Gasteiger partial charge on any atom is -0.467 e. The second kappa shape index (κ2) is 8.49. The molecule has 4 heteroatoms. The van der Waals surface area contributed by atoms with Gasteiger partial charge in [-0.2, -0.15) is 0 Å². The van der Waals surface area contributed by atoms with Crippen LogP contribution in [0.25, 0.3) is 0 Å². The predicted molar refractivity (Wildman–Crippen MR) is 83.3 cm³/mol. The lowest BCUT2D eigenvalue weighted by Gasteiger charge is -2.15. The molecule has 1 atom stereocenters. The van der Waals surface area contributed by atoms with Crippen molar-refractivity contribution in [2.75, 3.05) is 18.5 Å². The van der Waals surface area contributed by atoms with Crippen LogP contribution in [0.3, 0.4) is 0 Å². The van der Waals surface area contributed by atoms with E-state index in [1.165, 1.54) is 5.56 Å². The zero-order chi connectivity index (χ0) is 14.9. The molecule has 0 spiro atoms. The van der Waals surface area contributed by atoms with Crippen molar-refractivity contribution in [3.8, 4) is 0 Å². The molecule has 114 valence electrons. The molecule has 0 fully saturated rings. The van der Waals surface area contributed by atoms with E-state index in [4.69, 9.17) is 9.15 Å². The molecule has 1 unspecified atom stereocenters. The van der Waals surface area contributed by atoms with Gasteiger partial charge in [0.05, 0.1) is 19.0 Å². The molecule has 1 heterocycles. The molecule has 2 N–H and O–H groups in total. The maximum atomic E-state index is 9.94. The van der Waals surface area contributed by atoms with Crippen LogP contribution < -0.4 is 5.32 Å². The minimum atomic E-state index is -0.547. The highest BCUT2D eigenvalue weighted by atomic mass is 16.5. The number of hydrogen-bond acceptors (Lipinski definition) is 4. The van der Waals surface area contributed by atoms with Crippen LogP contribution in [0.1, 0.15) is 24.7 Å². The fourth-order valence-corrected chi connectivity index (χ4v) is 2.16. The van der Waals surface area contributed by atoms with Crippen LogP contribution >= 0.6 is 0 Å². The third kappa shape index (κ3) is 5.25. The van der Waals surface area contributed by atoms with E-state index in [-0.39, 0.29) is 6.61 Å². The Morgan fingerprint density at radius 2 is 2.10 bits per heavy atom. The summed E-state index contributed by atoms with van der Waals surface area (Å²) in [5.74, 6) is 0.767. The summed E-state index contributed by atoms with van der Waals surface area (Å²) in [5, 5.41) is 13.2. The van der Waals surface area contributed by atoms with Crippen molar-refractivity contribution >= 4 is 5.69 Å². The maximum absolute atomic E-state index is 9.94. The Labute approximate surface area is 125 Å². The van der Waals surface area contributed by atoms with Gasteiger partial charge in [0, 0.05) is 12.2 Å². The van der Waals surface area contributed by atoms with Crippen molar-refractivity contribution in [2.45, 2.75) is 32.5 Å². The van der Waals surface area contributed by atoms with Crippen LogP contribution in [-0.2, 0) is 17.8 Å². The number of aliphatic hydroxyl groups is 1. The van der Waals surface area contributed by atoms with Crippen molar-refractivity contribution in [2.24, 2.45) is 0 Å². The van der Waals surface area contributed by atoms with E-state index in [1.54, 1.807) is 6.26 Å². The van der Waals surface area contributed by atoms with Gasteiger partial charge < -0.3 is 19.6 Å². The number of furan rings is 1. The number of aryl methyl sites for hydroxylation is 1. The molecule has 0 aliphatic heterocycles. The van der Waals surface area contributed by atoms with Crippen molar-refractivity contribution < 1.29 is 14.3 Å². The van der Waals surface area contributed by atoms with Crippen LogP contribution in [0.4, 0.5) is 5.69 Å². The molecule has 0 bridgehead atoms. The van der Waals surface area contributed by atoms with E-state index in [0.29, 0.717) is 13.2 Å². The molecular weight excluding hydrogens is 266 g/mol. The standard InChI is InChI=1S/C17H23NO3/c1-2-6-14-7-3-4-9-17(14)18-11-15(19)12-20-13-16-8-5-10-21-16/h3-5,7-10,15,18-19H,2,6,11-13H2,1H3. The Kier molecular flexibility index (Phi) is 6.31. The smallest absolute Gasteiger partial charge is 0.129 e. The van der Waals surface area contributed by atoms with Gasteiger partial charge >= 0.3 is 0 Å². The van der Waals surface area contributed by atoms with Gasteiger partial charge in [-0.1, -0.05) is 31.5 Å². The monoisotopic (exact) mass is 289 g/mol. The fraction of sp³-hybridized carbons (Fsp3) is 0.412. The first-order chi connectivity index (χ1) is 10.3. The molecule has 0 aliphatic carbocycles. The number of benzene rings is 1. The Hall–Kier alpha value is -1.78. The fourth-order valence-electron chi connectivity index (χ4n) is 2.16. The maximum Gasteiger partial charge on any atom is 0.129 e. The van der Waals surface area contributed by atoms with E-state index in [2.05, 4.69) is 18.3 Å². The molecule has 0 saturated heterocycles. The molecule has 0 radical (unpaired) electrons. The highest BCUT2D eigenvalue weighted by molar-refractivity contribution is 5.51. The first kappa shape index (κ1) is 15.6. The molecule has 0 amide bonds. The number of anilines is 1. The van der Waals surface area contributed by atoms with E-state index < -0.39 is 6.10 Å². The minimum absolute atomic E-state index is 0.281. The summed E-state index contributed by atoms with van der Waals surface area (Å²) in [6.07, 6.45) is 3.21. The van der Waals surface area contributed by atoms with Crippen LogP contribution in [0.2, 0.25) is 0 Å². The van der Waals surface area contributed by atoms with Crippen LogP contribution in [-0.4, -0.2) is 24.4 Å². The summed E-state index contributed by atoms with van der Waals surface area (Å²) >= 11 is 0. The van der Waals surface area contributed by atoms with Gasteiger partial charge in [0.25, 0.3) is 0 Å². The van der Waals surface area contributed by atoms with Gasteiger partial charge in [0.15, 0.2) is 0 Å². The van der Waals surface area contributed by atoms with E-state index in [1.807, 2.05) is 30.3 Å². The largest absolute Gasteiger partial charge is 0.467 e. The Bertz CT molecular complexity index is 511. The quantitative estimate of drug-likeness (QED) is 0.744. The SMILES string of the molecule is CCCc1ccccc1NCC(O)COCc1ccco1. The lowest BCUT2D eigenvalue weighted by Crippen LogP contribution is -2.25. The predicted octanol–water partition coefficient (Wildman–Crippen LogP) is 3.22. The number of para-hydroxylation sites is 1. The van der Waals surface area contributed by atoms with Crippen molar-refractivity contribution in [3.63, 3.8) is 0 Å². The summed E-state index contributed by atoms with van der Waals surface area (Å²) in [5.41, 5.74) is 2.37. The Balaban J connectivity index is 1.72. The molecule has 2 rings (SSSR count). The van der Waals surface area contributed by atoms with Crippen LogP contribution in [0, 0.1) is 0 Å². The van der Waals surface area contributed by atoms with E-state index >= 15 is 0 Å². The van der Waals surface area contributed by atoms with Crippen molar-refractivity contribution in [3.05, 3.63) is 54.0 Å². The first-order valence-corrected chi connectivity index (χ1v) is 7.39. The summed E-state index contributed by atoms with van der Waals surface area (Å²) in [4.78, 5) is 0. The molecule has 4 nitrogen and oxygen atoms in total. The summed E-state index contributed by atoms with van der Waals surface area (Å²) in [6, 6.07) is 11.9. The van der Waals surface area contributed by atoms with Gasteiger partial charge in [0.1, 0.15) is 12.4 Å². The second-order valence-electron chi connectivity index (χ2n) is 5.04. The molecule has 0 aliphatic rings. The zero-order valence-corrected chi connectivity index (χ0v) is 12.4. The van der Waals surface area contributed by atoms with Gasteiger partial charge in [-0.15, -0.1) is 0 Å². The summed E-state index contributed by atoms with van der Waals surface area (Å²) in [7, 11) is 0. The summed E-state index contributed by atoms with van der Waals surface area (Å²) in [6.45, 7) is 3.30. The molecule has 1 aromatic heterocycles. The van der Waals surface area contributed by atoms with Crippen molar-refractivity contribution in [1.82, 2.24) is 0 Å². The van der Waals surface area contributed by atoms with E-state index in [0.717, 1.165) is 24.3 Å².